The number of nitrogens with zero attached hydrogens (tertiary/aromatic N) is 1. The molecule has 0 rings (SSSR count). The molecule has 33 heavy (non-hydrogen) atoms. The Morgan fingerprint density at radius 2 is 1.21 bits per heavy atom. The maximum absolute atomic E-state index is 14.0. The van der Waals surface area contributed by atoms with Gasteiger partial charge in [-0.25, -0.2) is 13.2 Å². The minimum absolute atomic E-state index is 0.315. The lowest BCUT2D eigenvalue weighted by atomic mass is 9.98. The minimum atomic E-state index is -8.25. The van der Waals surface area contributed by atoms with Crippen LogP contribution in [0.1, 0.15) is 13.8 Å². The van der Waals surface area contributed by atoms with E-state index in [0.29, 0.717) is 6.92 Å². The van der Waals surface area contributed by atoms with Crippen LogP contribution < -0.4 is 0 Å². The zero-order valence-corrected chi connectivity index (χ0v) is 17.0. The second-order valence-corrected chi connectivity index (χ2v) is 8.20. The molecule has 0 saturated heterocycles. The first-order chi connectivity index (χ1) is 14.3. The van der Waals surface area contributed by atoms with Crippen molar-refractivity contribution in [1.29, 1.82) is 0 Å². The van der Waals surface area contributed by atoms with Crippen LogP contribution >= 0.6 is 0 Å². The summed E-state index contributed by atoms with van der Waals surface area (Å²) in [4.78, 5) is 11.1. The number of carbonyl (C=O) groups excluding carboxylic acids is 1. The van der Waals surface area contributed by atoms with Crippen molar-refractivity contribution in [2.75, 3.05) is 19.7 Å². The maximum Gasteiger partial charge on any atom is 0.460 e. The fraction of sp³-hybridized carbons (Fsp3) is 0.786. The van der Waals surface area contributed by atoms with Gasteiger partial charge in [0.1, 0.15) is 6.61 Å². The molecule has 196 valence electrons. The Labute approximate surface area is 177 Å². The predicted molar refractivity (Wildman–Crippen MR) is 82.7 cm³/mol. The zero-order valence-electron chi connectivity index (χ0n) is 16.2. The number of hydrogen-bond donors (Lipinski definition) is 0. The molecule has 19 heteroatoms. The largest absolute Gasteiger partial charge is 0.461 e. The van der Waals surface area contributed by atoms with E-state index in [1.165, 1.54) is 0 Å². The number of hydrogen-bond acceptors (Lipinski definition) is 4. The first-order valence-electron chi connectivity index (χ1n) is 8.07. The Kier molecular flexibility index (Phi) is 8.61. The first kappa shape index (κ1) is 31.2. The molecule has 0 atom stereocenters. The molecule has 0 heterocycles. The summed E-state index contributed by atoms with van der Waals surface area (Å²) in [6.45, 7) is 0.855. The van der Waals surface area contributed by atoms with Crippen molar-refractivity contribution in [2.45, 2.75) is 49.0 Å². The van der Waals surface area contributed by atoms with Crippen molar-refractivity contribution < 1.29 is 75.0 Å². The second-order valence-electron chi connectivity index (χ2n) is 6.23. The van der Waals surface area contributed by atoms with Crippen LogP contribution in [0, 0.1) is 0 Å². The van der Waals surface area contributed by atoms with E-state index in [1.807, 2.05) is 0 Å². The van der Waals surface area contributed by atoms with Crippen molar-refractivity contribution in [3.63, 3.8) is 0 Å². The summed E-state index contributed by atoms with van der Waals surface area (Å²) in [5, 5.41) is -7.34. The summed E-state index contributed by atoms with van der Waals surface area (Å²) < 4.78 is 198. The lowest BCUT2D eigenvalue weighted by molar-refractivity contribution is -0.433. The van der Waals surface area contributed by atoms with E-state index in [0.717, 1.165) is 6.92 Å². The molecule has 0 bridgehead atoms. The Bertz CT molecular complexity index is 852. The van der Waals surface area contributed by atoms with Crippen molar-refractivity contribution in [2.24, 2.45) is 0 Å². The van der Waals surface area contributed by atoms with Gasteiger partial charge in [-0.05, 0) is 6.92 Å². The van der Waals surface area contributed by atoms with Crippen LogP contribution in [-0.2, 0) is 19.6 Å². The van der Waals surface area contributed by atoms with E-state index in [-0.39, 0.29) is 5.57 Å². The first-order valence-corrected chi connectivity index (χ1v) is 9.51. The highest BCUT2D eigenvalue weighted by Crippen LogP contribution is 2.61. The third kappa shape index (κ3) is 4.88. The lowest BCUT2D eigenvalue weighted by Gasteiger charge is -2.40. The number of likely N-dealkylation sites (N-methyl/N-ethyl adjacent to an activating group) is 1. The number of sulfonamides is 1. The SMILES string of the molecule is C=C(C)C(=O)OCCN(CC)S(=O)(=O)C(F)(F)C(F)(F)C(F)(F)C(F)(F)C(F)(F)C(F)(F)F. The summed E-state index contributed by atoms with van der Waals surface area (Å²) in [6, 6.07) is 0. The fourth-order valence-corrected chi connectivity index (χ4v) is 3.32. The smallest absolute Gasteiger partial charge is 0.460 e. The van der Waals surface area contributed by atoms with E-state index < -0.39 is 75.1 Å². The third-order valence-corrected chi connectivity index (χ3v) is 5.87. The fourth-order valence-electron chi connectivity index (χ4n) is 1.89. The summed E-state index contributed by atoms with van der Waals surface area (Å²) in [6.07, 6.45) is -7.62. The maximum atomic E-state index is 14.0. The highest BCUT2D eigenvalue weighted by molar-refractivity contribution is 7.90. The molecule has 0 N–H and O–H groups in total. The zero-order chi connectivity index (χ0) is 27.1. The van der Waals surface area contributed by atoms with E-state index >= 15 is 0 Å². The normalized spacial score (nSPS) is 15.0. The Morgan fingerprint density at radius 3 is 1.55 bits per heavy atom. The van der Waals surface area contributed by atoms with Crippen LogP contribution in [0.3, 0.4) is 0 Å². The van der Waals surface area contributed by atoms with Gasteiger partial charge in [0.15, 0.2) is 0 Å². The summed E-state index contributed by atoms with van der Waals surface area (Å²) in [5.74, 6) is -33.7. The van der Waals surface area contributed by atoms with Gasteiger partial charge in [-0.3, -0.25) is 0 Å². The molecule has 0 aromatic heterocycles. The van der Waals surface area contributed by atoms with Crippen molar-refractivity contribution >= 4 is 16.0 Å². The minimum Gasteiger partial charge on any atom is -0.461 e. The van der Waals surface area contributed by atoms with Gasteiger partial charge in [-0.1, -0.05) is 13.5 Å². The number of carbonyl (C=O) groups is 1. The number of halogens is 13. The monoisotopic (exact) mass is 539 g/mol. The quantitative estimate of drug-likeness (QED) is 0.221. The van der Waals surface area contributed by atoms with Crippen LogP contribution in [-0.4, -0.2) is 73.5 Å². The second kappa shape index (κ2) is 9.10. The molecule has 0 aliphatic heterocycles. The van der Waals surface area contributed by atoms with Gasteiger partial charge in [0.2, 0.25) is 0 Å². The van der Waals surface area contributed by atoms with Gasteiger partial charge >= 0.3 is 41.1 Å². The molecule has 0 radical (unpaired) electrons. The Hall–Kier alpha value is -1.79. The molecule has 0 aromatic rings. The van der Waals surface area contributed by atoms with Crippen molar-refractivity contribution in [3.05, 3.63) is 12.2 Å². The molecule has 0 aliphatic rings. The van der Waals surface area contributed by atoms with Gasteiger partial charge in [0.05, 0.1) is 0 Å². The molecule has 0 unspecified atom stereocenters. The average molecular weight is 539 g/mol. The average Bonchev–Trinajstić information content (AvgIpc) is 2.62. The van der Waals surface area contributed by atoms with Gasteiger partial charge in [0.25, 0.3) is 10.0 Å². The summed E-state index contributed by atoms with van der Waals surface area (Å²) >= 11 is 0. The van der Waals surface area contributed by atoms with Crippen LogP contribution in [0.15, 0.2) is 12.2 Å². The molecule has 0 fully saturated rings. The van der Waals surface area contributed by atoms with E-state index in [4.69, 9.17) is 0 Å². The molecule has 5 nitrogen and oxygen atoms in total. The number of ether oxygens (including phenoxy) is 1. The highest BCUT2D eigenvalue weighted by Gasteiger charge is 2.92. The van der Waals surface area contributed by atoms with Crippen LogP contribution in [0.4, 0.5) is 57.1 Å². The Morgan fingerprint density at radius 1 is 0.818 bits per heavy atom. The van der Waals surface area contributed by atoms with Crippen molar-refractivity contribution in [3.8, 4) is 0 Å². The third-order valence-electron chi connectivity index (χ3n) is 3.84. The Balaban J connectivity index is 6.35. The van der Waals surface area contributed by atoms with Gasteiger partial charge in [-0.15, -0.1) is 0 Å². The predicted octanol–water partition coefficient (Wildman–Crippen LogP) is 4.45. The van der Waals surface area contributed by atoms with E-state index in [9.17, 15) is 70.3 Å². The van der Waals surface area contributed by atoms with Gasteiger partial charge < -0.3 is 4.74 Å². The van der Waals surface area contributed by atoms with Crippen LogP contribution in [0.5, 0.6) is 0 Å². The van der Waals surface area contributed by atoms with E-state index in [2.05, 4.69) is 11.3 Å². The molecular weight excluding hydrogens is 525 g/mol. The van der Waals surface area contributed by atoms with E-state index in [1.54, 1.807) is 0 Å². The van der Waals surface area contributed by atoms with Crippen LogP contribution in [0.25, 0.3) is 0 Å². The standard InChI is InChI=1S/C14H14F13NO4S/c1-4-28(5-6-32-8(29)7(2)3)33(30,31)14(26,27)12(21,22)10(17,18)9(15,16)11(19,20)13(23,24)25/h2,4-6H2,1,3H3. The van der Waals surface area contributed by atoms with Crippen LogP contribution in [0.2, 0.25) is 0 Å². The summed E-state index contributed by atoms with van der Waals surface area (Å²) in [7, 11) is -7.15. The van der Waals surface area contributed by atoms with Crippen molar-refractivity contribution in [1.82, 2.24) is 4.31 Å². The number of alkyl halides is 13. The molecule has 0 aliphatic carbocycles. The lowest BCUT2D eigenvalue weighted by Crippen LogP contribution is -2.71. The molecular formula is C14H14F13NO4S. The molecule has 0 amide bonds. The van der Waals surface area contributed by atoms with Gasteiger partial charge in [0, 0.05) is 18.7 Å². The number of rotatable bonds is 11. The number of esters is 1. The summed E-state index contributed by atoms with van der Waals surface area (Å²) in [5.41, 5.74) is -0.315. The molecule has 0 spiro atoms. The highest BCUT2D eigenvalue weighted by atomic mass is 32.2. The van der Waals surface area contributed by atoms with Gasteiger partial charge in [-0.2, -0.15) is 61.4 Å². The molecule has 0 aromatic carbocycles. The molecule has 0 saturated carbocycles. The topological polar surface area (TPSA) is 63.7 Å².